The van der Waals surface area contributed by atoms with E-state index in [9.17, 15) is 4.79 Å². The number of hydrogen-bond donors (Lipinski definition) is 1. The molecule has 0 fully saturated rings. The van der Waals surface area contributed by atoms with Crippen LogP contribution in [0.4, 0.5) is 0 Å². The van der Waals surface area contributed by atoms with Crippen molar-refractivity contribution in [2.75, 3.05) is 6.61 Å². The average Bonchev–Trinajstić information content (AvgIpc) is 2.20. The van der Waals surface area contributed by atoms with Gasteiger partial charge >= 0.3 is 5.97 Å². The van der Waals surface area contributed by atoms with Crippen LogP contribution >= 0.6 is 0 Å². The van der Waals surface area contributed by atoms with Crippen molar-refractivity contribution in [3.8, 4) is 5.75 Å². The molecule has 3 nitrogen and oxygen atoms in total. The number of benzene rings is 1. The van der Waals surface area contributed by atoms with Gasteiger partial charge in [-0.2, -0.15) is 0 Å². The summed E-state index contributed by atoms with van der Waals surface area (Å²) < 4.78 is 5.44. The Morgan fingerprint density at radius 3 is 2.67 bits per heavy atom. The maximum absolute atomic E-state index is 10.5. The van der Waals surface area contributed by atoms with Gasteiger partial charge in [-0.25, -0.2) is 0 Å². The molecule has 0 spiro atoms. The molecule has 15 heavy (non-hydrogen) atoms. The van der Waals surface area contributed by atoms with Gasteiger partial charge in [0.25, 0.3) is 0 Å². The Morgan fingerprint density at radius 1 is 1.40 bits per heavy atom. The van der Waals surface area contributed by atoms with E-state index in [2.05, 4.69) is 0 Å². The van der Waals surface area contributed by atoms with Crippen molar-refractivity contribution in [3.05, 3.63) is 29.3 Å². The third-order valence-corrected chi connectivity index (χ3v) is 2.16. The van der Waals surface area contributed by atoms with E-state index in [-0.39, 0.29) is 6.42 Å². The number of aryl methyl sites for hydroxylation is 1. The average molecular weight is 208 g/mol. The van der Waals surface area contributed by atoms with Gasteiger partial charge < -0.3 is 9.84 Å². The molecule has 1 aromatic rings. The lowest BCUT2D eigenvalue weighted by atomic mass is 10.1. The molecular weight excluding hydrogens is 192 g/mol. The molecule has 0 saturated carbocycles. The highest BCUT2D eigenvalue weighted by Gasteiger charge is 2.05. The van der Waals surface area contributed by atoms with E-state index >= 15 is 0 Å². The first kappa shape index (κ1) is 11.6. The molecule has 1 aromatic carbocycles. The van der Waals surface area contributed by atoms with Gasteiger partial charge in [0.1, 0.15) is 5.75 Å². The minimum atomic E-state index is -0.804. The fourth-order valence-corrected chi connectivity index (χ4v) is 1.49. The zero-order valence-corrected chi connectivity index (χ0v) is 9.12. The summed E-state index contributed by atoms with van der Waals surface area (Å²) in [7, 11) is 0. The molecule has 0 aromatic heterocycles. The third kappa shape index (κ3) is 3.27. The number of aliphatic carboxylic acids is 1. The third-order valence-electron chi connectivity index (χ3n) is 2.16. The Labute approximate surface area is 89.7 Å². The summed E-state index contributed by atoms with van der Waals surface area (Å²) in [4.78, 5) is 10.5. The molecule has 0 unspecified atom stereocenters. The summed E-state index contributed by atoms with van der Waals surface area (Å²) in [6.45, 7) is 4.60. The Bertz CT molecular complexity index is 345. The molecule has 82 valence electrons. The van der Waals surface area contributed by atoms with Gasteiger partial charge in [0.2, 0.25) is 0 Å². The van der Waals surface area contributed by atoms with Gasteiger partial charge in [-0.1, -0.05) is 19.1 Å². The largest absolute Gasteiger partial charge is 0.494 e. The second kappa shape index (κ2) is 5.39. The molecular formula is C12H16O3. The quantitative estimate of drug-likeness (QED) is 0.807. The van der Waals surface area contributed by atoms with Crippen LogP contribution in [0.1, 0.15) is 25.0 Å². The van der Waals surface area contributed by atoms with E-state index in [0.29, 0.717) is 6.61 Å². The predicted molar refractivity (Wildman–Crippen MR) is 58.3 cm³/mol. The van der Waals surface area contributed by atoms with E-state index in [1.54, 1.807) is 6.07 Å². The van der Waals surface area contributed by atoms with Gasteiger partial charge in [-0.15, -0.1) is 0 Å². The summed E-state index contributed by atoms with van der Waals surface area (Å²) in [6.07, 6.45) is 0.919. The lowest BCUT2D eigenvalue weighted by molar-refractivity contribution is -0.136. The molecule has 1 rings (SSSR count). The molecule has 0 radical (unpaired) electrons. The monoisotopic (exact) mass is 208 g/mol. The van der Waals surface area contributed by atoms with Gasteiger partial charge in [-0.05, 0) is 30.5 Å². The second-order valence-corrected chi connectivity index (χ2v) is 3.30. The van der Waals surface area contributed by atoms with Crippen LogP contribution in [0.2, 0.25) is 0 Å². The van der Waals surface area contributed by atoms with Gasteiger partial charge in [0.15, 0.2) is 0 Å². The first-order valence-corrected chi connectivity index (χ1v) is 5.13. The zero-order valence-electron chi connectivity index (χ0n) is 9.12. The van der Waals surface area contributed by atoms with Crippen LogP contribution in [0.15, 0.2) is 18.2 Å². The summed E-state index contributed by atoms with van der Waals surface area (Å²) >= 11 is 0. The highest BCUT2D eigenvalue weighted by Crippen LogP contribution is 2.21. The fraction of sp³-hybridized carbons (Fsp3) is 0.417. The maximum Gasteiger partial charge on any atom is 0.307 e. The Kier molecular flexibility index (Phi) is 4.16. The van der Waals surface area contributed by atoms with Crippen molar-refractivity contribution in [3.63, 3.8) is 0 Å². The van der Waals surface area contributed by atoms with E-state index in [1.165, 1.54) is 0 Å². The topological polar surface area (TPSA) is 46.5 Å². The van der Waals surface area contributed by atoms with Crippen molar-refractivity contribution < 1.29 is 14.6 Å². The van der Waals surface area contributed by atoms with Crippen LogP contribution in [0.5, 0.6) is 5.75 Å². The molecule has 0 atom stereocenters. The fourth-order valence-electron chi connectivity index (χ4n) is 1.49. The van der Waals surface area contributed by atoms with Crippen molar-refractivity contribution in [1.82, 2.24) is 0 Å². The number of hydrogen-bond acceptors (Lipinski definition) is 2. The first-order chi connectivity index (χ1) is 7.17. The minimum absolute atomic E-state index is 0.0689. The molecule has 0 amide bonds. The number of carbonyl (C=O) groups is 1. The summed E-state index contributed by atoms with van der Waals surface area (Å²) in [6, 6.07) is 5.55. The van der Waals surface area contributed by atoms with E-state index in [4.69, 9.17) is 9.84 Å². The highest BCUT2D eigenvalue weighted by molar-refractivity contribution is 5.70. The Balaban J connectivity index is 2.91. The molecule has 0 heterocycles. The number of ether oxygens (including phenoxy) is 1. The Hall–Kier alpha value is -1.51. The van der Waals surface area contributed by atoms with Crippen molar-refractivity contribution in [2.45, 2.75) is 26.7 Å². The number of carboxylic acid groups (broad SMARTS) is 1. The lowest BCUT2D eigenvalue weighted by Gasteiger charge is -2.09. The summed E-state index contributed by atoms with van der Waals surface area (Å²) in [5, 5.41) is 8.67. The molecule has 1 N–H and O–H groups in total. The van der Waals surface area contributed by atoms with Crippen LogP contribution in [0.3, 0.4) is 0 Å². The van der Waals surface area contributed by atoms with Crippen LogP contribution in [0, 0.1) is 0 Å². The number of carboxylic acids is 1. The van der Waals surface area contributed by atoms with Crippen LogP contribution in [0.25, 0.3) is 0 Å². The molecule has 0 aliphatic carbocycles. The highest BCUT2D eigenvalue weighted by atomic mass is 16.5. The van der Waals surface area contributed by atoms with Crippen molar-refractivity contribution in [2.24, 2.45) is 0 Å². The predicted octanol–water partition coefficient (Wildman–Crippen LogP) is 2.27. The SMILES string of the molecule is CCOc1ccc(CC(=O)O)cc1CC. The van der Waals surface area contributed by atoms with Crippen molar-refractivity contribution in [1.29, 1.82) is 0 Å². The zero-order chi connectivity index (χ0) is 11.3. The van der Waals surface area contributed by atoms with E-state index < -0.39 is 5.97 Å². The van der Waals surface area contributed by atoms with Gasteiger partial charge in [0.05, 0.1) is 13.0 Å². The van der Waals surface area contributed by atoms with Crippen LogP contribution in [-0.4, -0.2) is 17.7 Å². The van der Waals surface area contributed by atoms with Gasteiger partial charge in [-0.3, -0.25) is 4.79 Å². The molecule has 0 saturated heterocycles. The lowest BCUT2D eigenvalue weighted by Crippen LogP contribution is -2.02. The van der Waals surface area contributed by atoms with Gasteiger partial charge in [0, 0.05) is 0 Å². The van der Waals surface area contributed by atoms with Crippen LogP contribution < -0.4 is 4.74 Å². The summed E-state index contributed by atoms with van der Waals surface area (Å²) in [5.41, 5.74) is 1.89. The normalized spacial score (nSPS) is 10.0. The maximum atomic E-state index is 10.5. The second-order valence-electron chi connectivity index (χ2n) is 3.30. The number of rotatable bonds is 5. The molecule has 0 aliphatic rings. The smallest absolute Gasteiger partial charge is 0.307 e. The summed E-state index contributed by atoms with van der Waals surface area (Å²) in [5.74, 6) is 0.0513. The molecule has 3 heteroatoms. The minimum Gasteiger partial charge on any atom is -0.494 e. The molecule has 0 bridgehead atoms. The van der Waals surface area contributed by atoms with Crippen molar-refractivity contribution >= 4 is 5.97 Å². The first-order valence-electron chi connectivity index (χ1n) is 5.13. The Morgan fingerprint density at radius 2 is 2.13 bits per heavy atom. The van der Waals surface area contributed by atoms with E-state index in [1.807, 2.05) is 26.0 Å². The van der Waals surface area contributed by atoms with E-state index in [0.717, 1.165) is 23.3 Å². The standard InChI is InChI=1S/C12H16O3/c1-3-10-7-9(8-12(13)14)5-6-11(10)15-4-2/h5-7H,3-4,8H2,1-2H3,(H,13,14). The van der Waals surface area contributed by atoms with Crippen LogP contribution in [-0.2, 0) is 17.6 Å². The molecule has 0 aliphatic heterocycles.